The van der Waals surface area contributed by atoms with Crippen molar-refractivity contribution in [3.63, 3.8) is 0 Å². The Morgan fingerprint density at radius 1 is 1.29 bits per heavy atom. The molecular formula is C19H29NO2S2. The number of fused-ring (bicyclic) bond motifs is 1. The van der Waals surface area contributed by atoms with Crippen LogP contribution in [0, 0.1) is 11.8 Å². The first kappa shape index (κ1) is 18.3. The highest BCUT2D eigenvalue weighted by Gasteiger charge is 2.29. The van der Waals surface area contributed by atoms with Crippen LogP contribution in [0.5, 0.6) is 0 Å². The van der Waals surface area contributed by atoms with Gasteiger partial charge in [-0.15, -0.1) is 23.1 Å². The van der Waals surface area contributed by atoms with E-state index in [0.717, 1.165) is 64.3 Å². The fraction of sp³-hybridized carbons (Fsp3) is 0.737. The Morgan fingerprint density at radius 3 is 2.75 bits per heavy atom. The number of thiophene rings is 1. The van der Waals surface area contributed by atoms with Crippen molar-refractivity contribution in [1.82, 2.24) is 5.32 Å². The van der Waals surface area contributed by atoms with Gasteiger partial charge in [-0.2, -0.15) is 0 Å². The molecule has 1 heterocycles. The van der Waals surface area contributed by atoms with Crippen LogP contribution in [-0.4, -0.2) is 23.8 Å². The molecule has 1 aromatic rings. The van der Waals surface area contributed by atoms with Crippen LogP contribution in [0.1, 0.15) is 78.8 Å². The van der Waals surface area contributed by atoms with Gasteiger partial charge in [0.2, 0.25) is 0 Å². The average Bonchev–Trinajstić information content (AvgIpc) is 2.97. The Balaban J connectivity index is 1.59. The topological polar surface area (TPSA) is 49.3 Å². The molecule has 0 bridgehead atoms. The molecule has 3 rings (SSSR count). The van der Waals surface area contributed by atoms with Gasteiger partial charge in [-0.3, -0.25) is 4.79 Å². The highest BCUT2D eigenvalue weighted by Crippen LogP contribution is 2.43. The Hall–Kier alpha value is -0.520. The molecule has 0 aliphatic heterocycles. The SMILES string of the molecule is CSc1sc(C(=O)NCCC2CCC(C)CC2)c2c1C(O)CCC2. The molecule has 0 saturated heterocycles. The summed E-state index contributed by atoms with van der Waals surface area (Å²) in [5.74, 6) is 1.72. The molecule has 2 aliphatic rings. The molecule has 1 fully saturated rings. The van der Waals surface area contributed by atoms with E-state index >= 15 is 0 Å². The average molecular weight is 368 g/mol. The van der Waals surface area contributed by atoms with E-state index in [4.69, 9.17) is 0 Å². The van der Waals surface area contributed by atoms with Gasteiger partial charge in [0.25, 0.3) is 5.91 Å². The van der Waals surface area contributed by atoms with Crippen molar-refractivity contribution in [3.8, 4) is 0 Å². The molecule has 24 heavy (non-hydrogen) atoms. The van der Waals surface area contributed by atoms with E-state index in [1.807, 2.05) is 6.26 Å². The summed E-state index contributed by atoms with van der Waals surface area (Å²) in [4.78, 5) is 13.5. The maximum Gasteiger partial charge on any atom is 0.261 e. The lowest BCUT2D eigenvalue weighted by Crippen LogP contribution is -2.27. The molecule has 134 valence electrons. The quantitative estimate of drug-likeness (QED) is 0.736. The number of hydrogen-bond donors (Lipinski definition) is 2. The van der Waals surface area contributed by atoms with Crippen molar-refractivity contribution in [2.24, 2.45) is 11.8 Å². The second-order valence-electron chi connectivity index (χ2n) is 7.39. The highest BCUT2D eigenvalue weighted by molar-refractivity contribution is 8.00. The van der Waals surface area contributed by atoms with Gasteiger partial charge in [0, 0.05) is 12.1 Å². The van der Waals surface area contributed by atoms with Gasteiger partial charge in [0.05, 0.1) is 15.2 Å². The lowest BCUT2D eigenvalue weighted by atomic mass is 9.81. The lowest BCUT2D eigenvalue weighted by Gasteiger charge is -2.26. The van der Waals surface area contributed by atoms with Gasteiger partial charge in [-0.1, -0.05) is 32.6 Å². The van der Waals surface area contributed by atoms with Crippen LogP contribution in [0.15, 0.2) is 4.21 Å². The third-order valence-corrected chi connectivity index (χ3v) is 8.00. The van der Waals surface area contributed by atoms with E-state index < -0.39 is 6.10 Å². The van der Waals surface area contributed by atoms with Gasteiger partial charge < -0.3 is 10.4 Å². The largest absolute Gasteiger partial charge is 0.388 e. The highest BCUT2D eigenvalue weighted by atomic mass is 32.2. The first-order valence-corrected chi connectivity index (χ1v) is 11.3. The Morgan fingerprint density at radius 2 is 2.04 bits per heavy atom. The number of carbonyl (C=O) groups is 1. The van der Waals surface area contributed by atoms with Gasteiger partial charge >= 0.3 is 0 Å². The third-order valence-electron chi connectivity index (χ3n) is 5.62. The maximum absolute atomic E-state index is 12.7. The van der Waals surface area contributed by atoms with Crippen molar-refractivity contribution >= 4 is 29.0 Å². The van der Waals surface area contributed by atoms with Crippen molar-refractivity contribution < 1.29 is 9.90 Å². The summed E-state index contributed by atoms with van der Waals surface area (Å²) in [5, 5.41) is 13.4. The Bertz CT molecular complexity index is 576. The van der Waals surface area contributed by atoms with Gasteiger partial charge in [-0.25, -0.2) is 0 Å². The van der Waals surface area contributed by atoms with E-state index in [0.29, 0.717) is 0 Å². The first-order valence-electron chi connectivity index (χ1n) is 9.26. The molecule has 0 aromatic carbocycles. The number of hydrogen-bond acceptors (Lipinski definition) is 4. The predicted octanol–water partition coefficient (Wildman–Crippen LogP) is 4.79. The Labute approximate surface area is 153 Å². The van der Waals surface area contributed by atoms with Crippen molar-refractivity contribution in [1.29, 1.82) is 0 Å². The molecule has 1 saturated carbocycles. The van der Waals surface area contributed by atoms with E-state index in [-0.39, 0.29) is 5.91 Å². The normalized spacial score (nSPS) is 26.9. The van der Waals surface area contributed by atoms with Crippen LogP contribution in [0.2, 0.25) is 0 Å². The zero-order valence-electron chi connectivity index (χ0n) is 14.8. The summed E-state index contributed by atoms with van der Waals surface area (Å²) >= 11 is 3.22. The summed E-state index contributed by atoms with van der Waals surface area (Å²) in [6, 6.07) is 0. The molecule has 1 aromatic heterocycles. The van der Waals surface area contributed by atoms with Crippen LogP contribution < -0.4 is 5.32 Å². The zero-order chi connectivity index (χ0) is 17.1. The van der Waals surface area contributed by atoms with Crippen molar-refractivity contribution in [3.05, 3.63) is 16.0 Å². The number of rotatable bonds is 5. The summed E-state index contributed by atoms with van der Waals surface area (Å²) in [6.45, 7) is 3.12. The summed E-state index contributed by atoms with van der Waals surface area (Å²) in [7, 11) is 0. The maximum atomic E-state index is 12.7. The molecule has 3 nitrogen and oxygen atoms in total. The molecule has 5 heteroatoms. The van der Waals surface area contributed by atoms with E-state index in [1.54, 1.807) is 23.1 Å². The summed E-state index contributed by atoms with van der Waals surface area (Å²) in [5.41, 5.74) is 2.14. The standard InChI is InChI=1S/C19H29NO2S2/c1-12-6-8-13(9-7-12)10-11-20-18(22)17-14-4-3-5-15(21)16(14)19(23-2)24-17/h12-13,15,21H,3-11H2,1-2H3,(H,20,22). The van der Waals surface area contributed by atoms with E-state index in [1.165, 1.54) is 25.7 Å². The molecule has 0 spiro atoms. The van der Waals surface area contributed by atoms with Gasteiger partial charge in [-0.05, 0) is 49.3 Å². The molecule has 2 aliphatic carbocycles. The fourth-order valence-electron chi connectivity index (χ4n) is 4.08. The predicted molar refractivity (Wildman–Crippen MR) is 102 cm³/mol. The van der Waals surface area contributed by atoms with Crippen LogP contribution in [-0.2, 0) is 6.42 Å². The minimum absolute atomic E-state index is 0.0647. The molecule has 2 N–H and O–H groups in total. The van der Waals surface area contributed by atoms with Gasteiger partial charge in [0.1, 0.15) is 0 Å². The van der Waals surface area contributed by atoms with Crippen molar-refractivity contribution in [2.45, 2.75) is 68.6 Å². The van der Waals surface area contributed by atoms with Crippen LogP contribution in [0.3, 0.4) is 0 Å². The second kappa shape index (κ2) is 8.24. The molecule has 0 radical (unpaired) electrons. The van der Waals surface area contributed by atoms with E-state index in [2.05, 4.69) is 12.2 Å². The van der Waals surface area contributed by atoms with Crippen LogP contribution in [0.4, 0.5) is 0 Å². The zero-order valence-corrected chi connectivity index (χ0v) is 16.4. The van der Waals surface area contributed by atoms with Gasteiger partial charge in [0.15, 0.2) is 0 Å². The number of carbonyl (C=O) groups excluding carboxylic acids is 1. The number of amides is 1. The molecule has 1 atom stereocenters. The molecule has 1 unspecified atom stereocenters. The minimum Gasteiger partial charge on any atom is -0.388 e. The number of aliphatic hydroxyl groups excluding tert-OH is 1. The Kier molecular flexibility index (Phi) is 6.27. The van der Waals surface area contributed by atoms with Crippen molar-refractivity contribution in [2.75, 3.05) is 12.8 Å². The summed E-state index contributed by atoms with van der Waals surface area (Å²) < 4.78 is 1.11. The molecule has 1 amide bonds. The smallest absolute Gasteiger partial charge is 0.261 e. The first-order chi connectivity index (χ1) is 11.6. The number of nitrogens with one attached hydrogen (secondary N) is 1. The monoisotopic (exact) mass is 367 g/mol. The third kappa shape index (κ3) is 4.00. The summed E-state index contributed by atoms with van der Waals surface area (Å²) in [6.07, 6.45) is 10.8. The second-order valence-corrected chi connectivity index (χ2v) is 9.49. The fourth-order valence-corrected chi connectivity index (χ4v) is 6.20. The van der Waals surface area contributed by atoms with Crippen LogP contribution in [0.25, 0.3) is 0 Å². The number of thioether (sulfide) groups is 1. The van der Waals surface area contributed by atoms with E-state index in [9.17, 15) is 9.90 Å². The molecular weight excluding hydrogens is 338 g/mol. The van der Waals surface area contributed by atoms with Crippen LogP contribution >= 0.6 is 23.1 Å². The lowest BCUT2D eigenvalue weighted by molar-refractivity contribution is 0.0952. The minimum atomic E-state index is -0.391. The number of aliphatic hydroxyl groups is 1.